The van der Waals surface area contributed by atoms with Crippen LogP contribution in [0.25, 0.3) is 0 Å². The van der Waals surface area contributed by atoms with Crippen LogP contribution < -0.4 is 9.80 Å². The first-order chi connectivity index (χ1) is 11.2. The highest BCUT2D eigenvalue weighted by Gasteiger charge is 2.15. The average Bonchev–Trinajstić information content (AvgIpc) is 2.44. The summed E-state index contributed by atoms with van der Waals surface area (Å²) in [5.74, 6) is 0. The molecule has 4 N–H and O–H groups in total. The molecular weight excluding hydrogens is 308 g/mol. The number of aliphatic hydroxyl groups excluding tert-OH is 4. The molecule has 138 valence electrons. The first kappa shape index (κ1) is 20.7. The summed E-state index contributed by atoms with van der Waals surface area (Å²) < 4.78 is 0. The lowest BCUT2D eigenvalue weighted by Crippen LogP contribution is -2.37. The molecule has 0 heterocycles. The Kier molecular flexibility index (Phi) is 8.48. The smallest absolute Gasteiger partial charge is 0.0687 e. The molecule has 0 aliphatic carbocycles. The molecule has 0 fully saturated rings. The zero-order valence-corrected chi connectivity index (χ0v) is 15.1. The van der Waals surface area contributed by atoms with Gasteiger partial charge in [0.05, 0.1) is 24.4 Å². The van der Waals surface area contributed by atoms with Gasteiger partial charge in [0.2, 0.25) is 0 Å². The fourth-order valence-corrected chi connectivity index (χ4v) is 2.72. The largest absolute Gasteiger partial charge is 0.392 e. The molecule has 4 atom stereocenters. The van der Waals surface area contributed by atoms with Crippen LogP contribution in [0.2, 0.25) is 0 Å². The van der Waals surface area contributed by atoms with Crippen LogP contribution in [0, 0.1) is 0 Å². The highest BCUT2D eigenvalue weighted by atomic mass is 16.3. The van der Waals surface area contributed by atoms with Crippen molar-refractivity contribution in [3.05, 3.63) is 24.3 Å². The second-order valence-electron chi connectivity index (χ2n) is 6.72. The standard InChI is InChI=1S/C18H32N2O4/c1-13(21)9-19(10-14(2)22)17-5-7-18(8-6-17)20(11-15(3)23)12-16(4)24/h5-8,13-16,21-24H,9-12H2,1-4H3. The monoisotopic (exact) mass is 340 g/mol. The highest BCUT2D eigenvalue weighted by Crippen LogP contribution is 2.22. The van der Waals surface area contributed by atoms with Crippen LogP contribution in [-0.2, 0) is 0 Å². The molecule has 1 aromatic rings. The van der Waals surface area contributed by atoms with Gasteiger partial charge in [-0.15, -0.1) is 0 Å². The van der Waals surface area contributed by atoms with Crippen molar-refractivity contribution in [2.24, 2.45) is 0 Å². The Bertz CT molecular complexity index is 398. The van der Waals surface area contributed by atoms with Gasteiger partial charge in [-0.3, -0.25) is 0 Å². The van der Waals surface area contributed by atoms with Crippen molar-refractivity contribution in [3.8, 4) is 0 Å². The third-order valence-corrected chi connectivity index (χ3v) is 3.52. The van der Waals surface area contributed by atoms with E-state index in [1.807, 2.05) is 34.1 Å². The summed E-state index contributed by atoms with van der Waals surface area (Å²) in [6, 6.07) is 7.71. The minimum Gasteiger partial charge on any atom is -0.392 e. The Balaban J connectivity index is 2.93. The molecule has 4 unspecified atom stereocenters. The van der Waals surface area contributed by atoms with Crippen molar-refractivity contribution in [1.29, 1.82) is 0 Å². The molecule has 1 rings (SSSR count). The normalized spacial score (nSPS) is 16.3. The lowest BCUT2D eigenvalue weighted by molar-refractivity contribution is 0.177. The first-order valence-corrected chi connectivity index (χ1v) is 8.51. The van der Waals surface area contributed by atoms with Gasteiger partial charge in [0.1, 0.15) is 0 Å². The summed E-state index contributed by atoms with van der Waals surface area (Å²) in [5, 5.41) is 38.6. The number of hydrogen-bond acceptors (Lipinski definition) is 6. The Morgan fingerprint density at radius 2 is 0.792 bits per heavy atom. The van der Waals surface area contributed by atoms with E-state index in [1.54, 1.807) is 27.7 Å². The van der Waals surface area contributed by atoms with E-state index in [4.69, 9.17) is 0 Å². The summed E-state index contributed by atoms with van der Waals surface area (Å²) >= 11 is 0. The average molecular weight is 340 g/mol. The molecule has 0 saturated carbocycles. The van der Waals surface area contributed by atoms with Crippen molar-refractivity contribution in [1.82, 2.24) is 0 Å². The molecule has 1 aromatic carbocycles. The minimum atomic E-state index is -0.495. The summed E-state index contributed by atoms with van der Waals surface area (Å²) in [7, 11) is 0. The third-order valence-electron chi connectivity index (χ3n) is 3.52. The van der Waals surface area contributed by atoms with Crippen LogP contribution in [0.1, 0.15) is 27.7 Å². The summed E-state index contributed by atoms with van der Waals surface area (Å²) in [4.78, 5) is 3.87. The van der Waals surface area contributed by atoms with Crippen LogP contribution in [0.15, 0.2) is 24.3 Å². The van der Waals surface area contributed by atoms with Crippen LogP contribution >= 0.6 is 0 Å². The van der Waals surface area contributed by atoms with Gasteiger partial charge in [0.15, 0.2) is 0 Å². The first-order valence-electron chi connectivity index (χ1n) is 8.51. The van der Waals surface area contributed by atoms with E-state index in [9.17, 15) is 20.4 Å². The van der Waals surface area contributed by atoms with Gasteiger partial charge >= 0.3 is 0 Å². The number of anilines is 2. The van der Waals surface area contributed by atoms with Crippen molar-refractivity contribution >= 4 is 11.4 Å². The number of nitrogens with zero attached hydrogens (tertiary/aromatic N) is 2. The Morgan fingerprint density at radius 3 is 0.958 bits per heavy atom. The molecule has 0 aliphatic heterocycles. The molecule has 6 heteroatoms. The second kappa shape index (κ2) is 9.84. The maximum absolute atomic E-state index is 9.65. The highest BCUT2D eigenvalue weighted by molar-refractivity contribution is 5.56. The van der Waals surface area contributed by atoms with Gasteiger partial charge < -0.3 is 30.2 Å². The molecule has 0 aliphatic rings. The zero-order valence-electron chi connectivity index (χ0n) is 15.1. The van der Waals surface area contributed by atoms with Crippen LogP contribution in [0.5, 0.6) is 0 Å². The van der Waals surface area contributed by atoms with Gasteiger partial charge in [-0.2, -0.15) is 0 Å². The molecule has 24 heavy (non-hydrogen) atoms. The van der Waals surface area contributed by atoms with Crippen LogP contribution in [0.4, 0.5) is 11.4 Å². The zero-order chi connectivity index (χ0) is 18.3. The maximum atomic E-state index is 9.65. The number of aliphatic hydroxyl groups is 4. The Labute approximate surface area is 145 Å². The fraction of sp³-hybridized carbons (Fsp3) is 0.667. The van der Waals surface area contributed by atoms with E-state index in [0.29, 0.717) is 26.2 Å². The molecule has 0 radical (unpaired) electrons. The van der Waals surface area contributed by atoms with Gasteiger partial charge in [-0.1, -0.05) is 0 Å². The molecule has 0 amide bonds. The predicted molar refractivity (Wildman–Crippen MR) is 97.6 cm³/mol. The van der Waals surface area contributed by atoms with Crippen molar-refractivity contribution in [2.75, 3.05) is 36.0 Å². The van der Waals surface area contributed by atoms with Gasteiger partial charge in [0.25, 0.3) is 0 Å². The van der Waals surface area contributed by atoms with Gasteiger partial charge in [-0.25, -0.2) is 0 Å². The molecule has 0 bridgehead atoms. The summed E-state index contributed by atoms with van der Waals surface area (Å²) in [6.45, 7) is 8.63. The Morgan fingerprint density at radius 1 is 0.583 bits per heavy atom. The molecule has 0 spiro atoms. The van der Waals surface area contributed by atoms with Gasteiger partial charge in [-0.05, 0) is 52.0 Å². The second-order valence-corrected chi connectivity index (χ2v) is 6.72. The summed E-state index contributed by atoms with van der Waals surface area (Å²) in [6.07, 6.45) is -1.98. The fourth-order valence-electron chi connectivity index (χ4n) is 2.72. The van der Waals surface area contributed by atoms with E-state index in [2.05, 4.69) is 0 Å². The van der Waals surface area contributed by atoms with Crippen LogP contribution in [0.3, 0.4) is 0 Å². The van der Waals surface area contributed by atoms with Gasteiger partial charge in [0, 0.05) is 37.6 Å². The van der Waals surface area contributed by atoms with Crippen LogP contribution in [-0.4, -0.2) is 71.0 Å². The summed E-state index contributed by atoms with van der Waals surface area (Å²) in [5.41, 5.74) is 1.82. The Hall–Kier alpha value is -1.34. The molecular formula is C18H32N2O4. The van der Waals surface area contributed by atoms with Crippen molar-refractivity contribution < 1.29 is 20.4 Å². The van der Waals surface area contributed by atoms with Crippen molar-refractivity contribution in [3.63, 3.8) is 0 Å². The number of benzene rings is 1. The quantitative estimate of drug-likeness (QED) is 0.504. The van der Waals surface area contributed by atoms with E-state index in [1.165, 1.54) is 0 Å². The van der Waals surface area contributed by atoms with E-state index in [-0.39, 0.29) is 0 Å². The lowest BCUT2D eigenvalue weighted by Gasteiger charge is -2.30. The van der Waals surface area contributed by atoms with E-state index >= 15 is 0 Å². The molecule has 0 aromatic heterocycles. The maximum Gasteiger partial charge on any atom is 0.0687 e. The number of hydrogen-bond donors (Lipinski definition) is 4. The third kappa shape index (κ3) is 7.49. The SMILES string of the molecule is CC(O)CN(CC(C)O)c1ccc(N(CC(C)O)CC(C)O)cc1. The topological polar surface area (TPSA) is 87.4 Å². The lowest BCUT2D eigenvalue weighted by atomic mass is 10.2. The number of rotatable bonds is 10. The molecule has 6 nitrogen and oxygen atoms in total. The van der Waals surface area contributed by atoms with E-state index < -0.39 is 24.4 Å². The molecule has 0 saturated heterocycles. The van der Waals surface area contributed by atoms with E-state index in [0.717, 1.165) is 11.4 Å². The van der Waals surface area contributed by atoms with Crippen molar-refractivity contribution in [2.45, 2.75) is 52.1 Å². The minimum absolute atomic E-state index is 0.440. The predicted octanol–water partition coefficient (Wildman–Crippen LogP) is 0.823.